The van der Waals surface area contributed by atoms with E-state index in [1.807, 2.05) is 0 Å². The molecule has 0 aromatic carbocycles. The Kier molecular flexibility index (Phi) is 7.25. The Morgan fingerprint density at radius 2 is 1.14 bits per heavy atom. The second-order valence-electron chi connectivity index (χ2n) is 5.72. The molecule has 2 fully saturated rings. The van der Waals surface area contributed by atoms with Crippen LogP contribution in [0.3, 0.4) is 0 Å². The van der Waals surface area contributed by atoms with Crippen molar-refractivity contribution in [1.82, 2.24) is 9.80 Å². The van der Waals surface area contributed by atoms with Crippen LogP contribution in [0.25, 0.3) is 0 Å². The lowest BCUT2D eigenvalue weighted by Crippen LogP contribution is -2.55. The van der Waals surface area contributed by atoms with Crippen molar-refractivity contribution in [2.75, 3.05) is 26.2 Å². The second kappa shape index (κ2) is 9.48. The molecule has 0 bridgehead atoms. The van der Waals surface area contributed by atoms with Crippen molar-refractivity contribution in [1.29, 1.82) is 0 Å². The SMILES string of the molecule is C1=COC=CO1.O=C(O)C(N1CCCCC1)N1CCCCC1. The van der Waals surface area contributed by atoms with Gasteiger partial charge in [-0.2, -0.15) is 0 Å². The molecule has 3 rings (SSSR count). The molecule has 0 saturated carbocycles. The lowest BCUT2D eigenvalue weighted by Gasteiger charge is -2.40. The van der Waals surface area contributed by atoms with Gasteiger partial charge >= 0.3 is 5.97 Å². The molecule has 3 heterocycles. The van der Waals surface area contributed by atoms with Gasteiger partial charge in [0.2, 0.25) is 0 Å². The average Bonchev–Trinajstić information content (AvgIpc) is 2.59. The number of ether oxygens (including phenoxy) is 2. The van der Waals surface area contributed by atoms with Crippen LogP contribution in [-0.4, -0.2) is 53.2 Å². The standard InChI is InChI=1S/C12H22N2O2.C4H4O2/c15-12(16)11(13-7-3-1-4-8-13)14-9-5-2-6-10-14;1-2-6-4-3-5-1/h11H,1-10H2,(H,15,16);1-4H. The zero-order chi connectivity index (χ0) is 15.6. The van der Waals surface area contributed by atoms with Gasteiger partial charge in [-0.15, -0.1) is 0 Å². The fourth-order valence-corrected chi connectivity index (χ4v) is 3.09. The molecule has 0 spiro atoms. The largest absolute Gasteiger partial charge is 0.479 e. The van der Waals surface area contributed by atoms with Gasteiger partial charge in [0.1, 0.15) is 25.0 Å². The first-order chi connectivity index (χ1) is 10.8. The van der Waals surface area contributed by atoms with Crippen LogP contribution in [0.15, 0.2) is 25.0 Å². The van der Waals surface area contributed by atoms with Crippen molar-refractivity contribution in [3.8, 4) is 0 Å². The van der Waals surface area contributed by atoms with Gasteiger partial charge in [0, 0.05) is 26.2 Å². The van der Waals surface area contributed by atoms with E-state index in [2.05, 4.69) is 19.3 Å². The highest BCUT2D eigenvalue weighted by atomic mass is 16.5. The quantitative estimate of drug-likeness (QED) is 0.863. The molecule has 3 aliphatic rings. The Balaban J connectivity index is 0.000000246. The number of aliphatic carboxylic acids is 1. The van der Waals surface area contributed by atoms with Crippen molar-refractivity contribution in [2.45, 2.75) is 44.7 Å². The van der Waals surface area contributed by atoms with Gasteiger partial charge in [-0.05, 0) is 25.7 Å². The third-order valence-corrected chi connectivity index (χ3v) is 4.12. The molecule has 22 heavy (non-hydrogen) atoms. The summed E-state index contributed by atoms with van der Waals surface area (Å²) in [6.07, 6.45) is 12.6. The fraction of sp³-hybridized carbons (Fsp3) is 0.688. The molecule has 2 saturated heterocycles. The van der Waals surface area contributed by atoms with Crippen LogP contribution in [-0.2, 0) is 14.3 Å². The van der Waals surface area contributed by atoms with Crippen LogP contribution in [0, 0.1) is 0 Å². The molecule has 6 heteroatoms. The Labute approximate surface area is 132 Å². The van der Waals surface area contributed by atoms with Crippen LogP contribution in [0.2, 0.25) is 0 Å². The Bertz CT molecular complexity index is 348. The molecule has 0 aromatic heterocycles. The number of hydrogen-bond acceptors (Lipinski definition) is 5. The molecule has 0 atom stereocenters. The first-order valence-corrected chi connectivity index (χ1v) is 8.11. The smallest absolute Gasteiger partial charge is 0.336 e. The molecular weight excluding hydrogens is 284 g/mol. The second-order valence-corrected chi connectivity index (χ2v) is 5.72. The van der Waals surface area contributed by atoms with E-state index in [-0.39, 0.29) is 6.17 Å². The maximum atomic E-state index is 11.4. The van der Waals surface area contributed by atoms with E-state index in [1.54, 1.807) is 0 Å². The molecule has 0 unspecified atom stereocenters. The predicted octanol–water partition coefficient (Wildman–Crippen LogP) is 2.34. The molecule has 1 N–H and O–H groups in total. The van der Waals surface area contributed by atoms with Gasteiger partial charge in [-0.3, -0.25) is 9.80 Å². The van der Waals surface area contributed by atoms with E-state index < -0.39 is 5.97 Å². The molecule has 124 valence electrons. The van der Waals surface area contributed by atoms with Gasteiger partial charge in [-0.1, -0.05) is 12.8 Å². The highest BCUT2D eigenvalue weighted by molar-refractivity contribution is 5.73. The highest BCUT2D eigenvalue weighted by Crippen LogP contribution is 2.19. The average molecular weight is 310 g/mol. The van der Waals surface area contributed by atoms with E-state index in [0.717, 1.165) is 51.9 Å². The third-order valence-electron chi connectivity index (χ3n) is 4.12. The fourth-order valence-electron chi connectivity index (χ4n) is 3.09. The maximum Gasteiger partial charge on any atom is 0.336 e. The number of hydrogen-bond donors (Lipinski definition) is 1. The van der Waals surface area contributed by atoms with Crippen LogP contribution in [0.5, 0.6) is 0 Å². The summed E-state index contributed by atoms with van der Waals surface area (Å²) in [6, 6.07) is 0. The minimum atomic E-state index is -0.663. The highest BCUT2D eigenvalue weighted by Gasteiger charge is 2.32. The minimum Gasteiger partial charge on any atom is -0.479 e. The van der Waals surface area contributed by atoms with Crippen LogP contribution in [0.1, 0.15) is 38.5 Å². The van der Waals surface area contributed by atoms with Gasteiger partial charge in [-0.25, -0.2) is 4.79 Å². The molecule has 0 aliphatic carbocycles. The molecule has 0 aromatic rings. The summed E-state index contributed by atoms with van der Waals surface area (Å²) in [5.41, 5.74) is 0. The molecule has 0 amide bonds. The monoisotopic (exact) mass is 310 g/mol. The van der Waals surface area contributed by atoms with E-state index in [0.29, 0.717) is 0 Å². The summed E-state index contributed by atoms with van der Waals surface area (Å²) in [5.74, 6) is -0.663. The van der Waals surface area contributed by atoms with Crippen LogP contribution >= 0.6 is 0 Å². The van der Waals surface area contributed by atoms with Crippen molar-refractivity contribution in [3.05, 3.63) is 25.0 Å². The van der Waals surface area contributed by atoms with E-state index in [4.69, 9.17) is 0 Å². The first kappa shape index (κ1) is 16.8. The summed E-state index contributed by atoms with van der Waals surface area (Å²) >= 11 is 0. The van der Waals surface area contributed by atoms with Crippen LogP contribution in [0.4, 0.5) is 0 Å². The van der Waals surface area contributed by atoms with Crippen LogP contribution < -0.4 is 0 Å². The summed E-state index contributed by atoms with van der Waals surface area (Å²) in [5, 5.41) is 9.39. The van der Waals surface area contributed by atoms with Crippen molar-refractivity contribution >= 4 is 5.97 Å². The summed E-state index contributed by atoms with van der Waals surface area (Å²) in [7, 11) is 0. The van der Waals surface area contributed by atoms with E-state index in [9.17, 15) is 9.90 Å². The number of rotatable bonds is 3. The molecule has 3 aliphatic heterocycles. The van der Waals surface area contributed by atoms with Gasteiger partial charge in [0.15, 0.2) is 6.17 Å². The first-order valence-electron chi connectivity index (χ1n) is 8.11. The third kappa shape index (κ3) is 5.35. The Morgan fingerprint density at radius 1 is 0.773 bits per heavy atom. The number of piperidine rings is 2. The van der Waals surface area contributed by atoms with Crippen molar-refractivity contribution in [3.63, 3.8) is 0 Å². The zero-order valence-electron chi connectivity index (χ0n) is 13.0. The summed E-state index contributed by atoms with van der Waals surface area (Å²) < 4.78 is 9.17. The number of likely N-dealkylation sites (tertiary alicyclic amines) is 2. The number of carboxylic acid groups (broad SMARTS) is 1. The summed E-state index contributed by atoms with van der Waals surface area (Å²) in [4.78, 5) is 15.7. The van der Waals surface area contributed by atoms with Crippen molar-refractivity contribution in [2.24, 2.45) is 0 Å². The Morgan fingerprint density at radius 3 is 1.41 bits per heavy atom. The zero-order valence-corrected chi connectivity index (χ0v) is 13.0. The molecule has 6 nitrogen and oxygen atoms in total. The lowest BCUT2D eigenvalue weighted by atomic mass is 10.1. The Hall–Kier alpha value is -1.53. The van der Waals surface area contributed by atoms with E-state index in [1.165, 1.54) is 37.9 Å². The number of nitrogens with zero attached hydrogens (tertiary/aromatic N) is 2. The van der Waals surface area contributed by atoms with Crippen molar-refractivity contribution < 1.29 is 19.4 Å². The predicted molar refractivity (Wildman–Crippen MR) is 82.7 cm³/mol. The number of carboxylic acids is 1. The summed E-state index contributed by atoms with van der Waals surface area (Å²) in [6.45, 7) is 3.81. The minimum absolute atomic E-state index is 0.361. The number of carbonyl (C=O) groups is 1. The normalized spacial score (nSPS) is 22.4. The molecule has 0 radical (unpaired) electrons. The van der Waals surface area contributed by atoms with Gasteiger partial charge < -0.3 is 14.6 Å². The maximum absolute atomic E-state index is 11.4. The topological polar surface area (TPSA) is 62.2 Å². The van der Waals surface area contributed by atoms with Gasteiger partial charge in [0.05, 0.1) is 0 Å². The van der Waals surface area contributed by atoms with Gasteiger partial charge in [0.25, 0.3) is 0 Å². The molecular formula is C16H26N2O4. The lowest BCUT2D eigenvalue weighted by molar-refractivity contribution is -0.153. The van der Waals surface area contributed by atoms with E-state index >= 15 is 0 Å².